The molecule has 2 heterocycles. The molecule has 0 unspecified atom stereocenters. The standard InChI is InChI=1S/C19H18F3N3O2S/c1-10-15-11(2)24-12(3)25-18(15)28-16(10)17(26)23-8-9-27-14-6-4-13(5-7-14)19(20,21)22/h4-7H,8-9H2,1-3H3,(H,23,26). The third kappa shape index (κ3) is 4.24. The van der Waals surface area contributed by atoms with E-state index < -0.39 is 11.7 Å². The molecule has 0 aliphatic heterocycles. The second-order valence-corrected chi connectivity index (χ2v) is 7.22. The van der Waals surface area contributed by atoms with Gasteiger partial charge in [-0.15, -0.1) is 11.3 Å². The van der Waals surface area contributed by atoms with E-state index in [4.69, 9.17) is 4.74 Å². The Morgan fingerprint density at radius 1 is 1.14 bits per heavy atom. The van der Waals surface area contributed by atoms with Gasteiger partial charge in [-0.25, -0.2) is 9.97 Å². The maximum atomic E-state index is 12.5. The highest BCUT2D eigenvalue weighted by atomic mass is 32.1. The van der Waals surface area contributed by atoms with Crippen LogP contribution in [0.1, 0.15) is 32.3 Å². The lowest BCUT2D eigenvalue weighted by Crippen LogP contribution is -2.27. The van der Waals surface area contributed by atoms with E-state index in [1.54, 1.807) is 6.92 Å². The maximum absolute atomic E-state index is 12.5. The van der Waals surface area contributed by atoms with E-state index in [0.717, 1.165) is 33.6 Å². The summed E-state index contributed by atoms with van der Waals surface area (Å²) >= 11 is 1.31. The fourth-order valence-corrected chi connectivity index (χ4v) is 4.04. The number of amides is 1. The van der Waals surface area contributed by atoms with Crippen LogP contribution in [0.15, 0.2) is 24.3 Å². The lowest BCUT2D eigenvalue weighted by Gasteiger charge is -2.10. The molecule has 28 heavy (non-hydrogen) atoms. The monoisotopic (exact) mass is 409 g/mol. The summed E-state index contributed by atoms with van der Waals surface area (Å²) in [6, 6.07) is 4.43. The topological polar surface area (TPSA) is 64.1 Å². The molecule has 9 heteroatoms. The van der Waals surface area contributed by atoms with Crippen LogP contribution in [-0.2, 0) is 6.18 Å². The number of nitrogens with one attached hydrogen (secondary N) is 1. The smallest absolute Gasteiger partial charge is 0.416 e. The highest BCUT2D eigenvalue weighted by Gasteiger charge is 2.30. The molecule has 1 amide bonds. The van der Waals surface area contributed by atoms with E-state index in [2.05, 4.69) is 15.3 Å². The van der Waals surface area contributed by atoms with Crippen molar-refractivity contribution in [3.63, 3.8) is 0 Å². The molecule has 148 valence electrons. The van der Waals surface area contributed by atoms with Gasteiger partial charge in [0, 0.05) is 11.1 Å². The number of halogens is 3. The quantitative estimate of drug-likeness (QED) is 0.633. The molecule has 1 aromatic carbocycles. The lowest BCUT2D eigenvalue weighted by atomic mass is 10.1. The number of carbonyl (C=O) groups excluding carboxylic acids is 1. The Morgan fingerprint density at radius 2 is 1.82 bits per heavy atom. The van der Waals surface area contributed by atoms with Gasteiger partial charge < -0.3 is 10.1 Å². The zero-order valence-corrected chi connectivity index (χ0v) is 16.3. The van der Waals surface area contributed by atoms with Gasteiger partial charge in [-0.2, -0.15) is 13.2 Å². The first kappa shape index (κ1) is 20.1. The molecular formula is C19H18F3N3O2S. The molecule has 0 radical (unpaired) electrons. The molecule has 0 fully saturated rings. The molecule has 0 bridgehead atoms. The number of rotatable bonds is 5. The van der Waals surface area contributed by atoms with Gasteiger partial charge in [0.05, 0.1) is 17.0 Å². The number of alkyl halides is 3. The van der Waals surface area contributed by atoms with Crippen LogP contribution in [0.4, 0.5) is 13.2 Å². The number of ether oxygens (including phenoxy) is 1. The van der Waals surface area contributed by atoms with Gasteiger partial charge in [0.1, 0.15) is 23.0 Å². The summed E-state index contributed by atoms with van der Waals surface area (Å²) in [5.41, 5.74) is 0.932. The molecule has 0 saturated heterocycles. The molecule has 5 nitrogen and oxygen atoms in total. The van der Waals surface area contributed by atoms with Crippen LogP contribution < -0.4 is 10.1 Å². The van der Waals surface area contributed by atoms with Crippen molar-refractivity contribution in [3.8, 4) is 5.75 Å². The van der Waals surface area contributed by atoms with Crippen molar-refractivity contribution in [1.82, 2.24) is 15.3 Å². The van der Waals surface area contributed by atoms with E-state index >= 15 is 0 Å². The number of aryl methyl sites for hydroxylation is 3. The van der Waals surface area contributed by atoms with Crippen molar-refractivity contribution in [2.45, 2.75) is 26.9 Å². The fraction of sp³-hybridized carbons (Fsp3) is 0.316. The van der Waals surface area contributed by atoms with E-state index in [-0.39, 0.29) is 19.1 Å². The minimum absolute atomic E-state index is 0.138. The molecule has 0 saturated carbocycles. The summed E-state index contributed by atoms with van der Waals surface area (Å²) in [7, 11) is 0. The SMILES string of the molecule is Cc1nc(C)c2c(C)c(C(=O)NCCOc3ccc(C(F)(F)F)cc3)sc2n1. The normalized spacial score (nSPS) is 11.6. The Balaban J connectivity index is 1.58. The second-order valence-electron chi connectivity index (χ2n) is 6.22. The van der Waals surface area contributed by atoms with Crippen molar-refractivity contribution in [2.75, 3.05) is 13.2 Å². The zero-order valence-electron chi connectivity index (χ0n) is 15.5. The first-order chi connectivity index (χ1) is 13.2. The van der Waals surface area contributed by atoms with Crippen LogP contribution in [0.25, 0.3) is 10.2 Å². The van der Waals surface area contributed by atoms with Crippen LogP contribution >= 0.6 is 11.3 Å². The second kappa shape index (κ2) is 7.75. The predicted octanol–water partition coefficient (Wildman–Crippen LogP) is 4.44. The van der Waals surface area contributed by atoms with Crippen LogP contribution in [0, 0.1) is 20.8 Å². The molecule has 0 aliphatic carbocycles. The minimum atomic E-state index is -4.38. The molecule has 0 aliphatic rings. The van der Waals surface area contributed by atoms with Crippen molar-refractivity contribution < 1.29 is 22.7 Å². The number of benzene rings is 1. The van der Waals surface area contributed by atoms with Crippen LogP contribution in [0.2, 0.25) is 0 Å². The number of aromatic nitrogens is 2. The van der Waals surface area contributed by atoms with Crippen LogP contribution in [-0.4, -0.2) is 29.0 Å². The largest absolute Gasteiger partial charge is 0.492 e. The average Bonchev–Trinajstić information content (AvgIpc) is 2.95. The molecular weight excluding hydrogens is 391 g/mol. The number of hydrogen-bond acceptors (Lipinski definition) is 5. The van der Waals surface area contributed by atoms with Gasteiger partial charge >= 0.3 is 6.18 Å². The number of hydrogen-bond donors (Lipinski definition) is 1. The van der Waals surface area contributed by atoms with Gasteiger partial charge in [-0.05, 0) is 50.6 Å². The Hall–Kier alpha value is -2.68. The Kier molecular flexibility index (Phi) is 5.55. The maximum Gasteiger partial charge on any atom is 0.416 e. The zero-order chi connectivity index (χ0) is 20.5. The number of thiophene rings is 1. The van der Waals surface area contributed by atoms with Gasteiger partial charge in [0.15, 0.2) is 0 Å². The lowest BCUT2D eigenvalue weighted by molar-refractivity contribution is -0.137. The highest BCUT2D eigenvalue weighted by molar-refractivity contribution is 7.20. The summed E-state index contributed by atoms with van der Waals surface area (Å²) in [4.78, 5) is 22.5. The molecule has 0 atom stereocenters. The number of carbonyl (C=O) groups is 1. The molecule has 2 aromatic heterocycles. The number of fused-ring (bicyclic) bond motifs is 1. The van der Waals surface area contributed by atoms with E-state index in [9.17, 15) is 18.0 Å². The predicted molar refractivity (Wildman–Crippen MR) is 101 cm³/mol. The van der Waals surface area contributed by atoms with Gasteiger partial charge in [-0.3, -0.25) is 4.79 Å². The summed E-state index contributed by atoms with van der Waals surface area (Å²) < 4.78 is 43.0. The number of nitrogens with zero attached hydrogens (tertiary/aromatic N) is 2. The van der Waals surface area contributed by atoms with Crippen LogP contribution in [0.3, 0.4) is 0 Å². The van der Waals surface area contributed by atoms with Gasteiger partial charge in [0.2, 0.25) is 0 Å². The summed E-state index contributed by atoms with van der Waals surface area (Å²) in [5.74, 6) is 0.721. The Labute approximate surface area is 163 Å². The fourth-order valence-electron chi connectivity index (χ4n) is 2.84. The first-order valence-electron chi connectivity index (χ1n) is 8.49. The summed E-state index contributed by atoms with van der Waals surface area (Å²) in [5, 5.41) is 3.65. The van der Waals surface area contributed by atoms with Crippen molar-refractivity contribution in [2.24, 2.45) is 0 Å². The minimum Gasteiger partial charge on any atom is -0.492 e. The van der Waals surface area contributed by atoms with Crippen molar-refractivity contribution >= 4 is 27.5 Å². The summed E-state index contributed by atoms with van der Waals surface area (Å²) in [6.07, 6.45) is -4.38. The molecule has 3 aromatic rings. The Bertz CT molecular complexity index is 1010. The average molecular weight is 409 g/mol. The van der Waals surface area contributed by atoms with E-state index in [0.29, 0.717) is 16.5 Å². The van der Waals surface area contributed by atoms with E-state index in [1.807, 2.05) is 13.8 Å². The third-order valence-corrected chi connectivity index (χ3v) is 5.31. The third-order valence-electron chi connectivity index (χ3n) is 4.13. The first-order valence-corrected chi connectivity index (χ1v) is 9.31. The van der Waals surface area contributed by atoms with Gasteiger partial charge in [-0.1, -0.05) is 0 Å². The van der Waals surface area contributed by atoms with Crippen LogP contribution in [0.5, 0.6) is 5.75 Å². The van der Waals surface area contributed by atoms with Gasteiger partial charge in [0.25, 0.3) is 5.91 Å². The van der Waals surface area contributed by atoms with E-state index in [1.165, 1.54) is 23.5 Å². The highest BCUT2D eigenvalue weighted by Crippen LogP contribution is 2.31. The Morgan fingerprint density at radius 3 is 2.46 bits per heavy atom. The van der Waals surface area contributed by atoms with Crippen molar-refractivity contribution in [1.29, 1.82) is 0 Å². The molecule has 3 rings (SSSR count). The van der Waals surface area contributed by atoms with Crippen molar-refractivity contribution in [3.05, 3.63) is 51.8 Å². The summed E-state index contributed by atoms with van der Waals surface area (Å²) in [6.45, 7) is 5.91. The molecule has 1 N–H and O–H groups in total. The molecule has 0 spiro atoms.